The van der Waals surface area contributed by atoms with E-state index < -0.39 is 22.5 Å². The first-order chi connectivity index (χ1) is 17.1. The van der Waals surface area contributed by atoms with Crippen molar-refractivity contribution in [2.45, 2.75) is 13.5 Å². The molecule has 0 saturated carbocycles. The molecular formula is C25H25Br2N3O5S. The van der Waals surface area contributed by atoms with E-state index in [4.69, 9.17) is 9.47 Å². The summed E-state index contributed by atoms with van der Waals surface area (Å²) in [5.41, 5.74) is 5.55. The number of methoxy groups -OCH3 is 1. The molecule has 0 fully saturated rings. The second-order valence-corrected chi connectivity index (χ2v) is 11.4. The molecule has 0 unspecified atom stereocenters. The predicted molar refractivity (Wildman–Crippen MR) is 148 cm³/mol. The van der Waals surface area contributed by atoms with Gasteiger partial charge in [-0.2, -0.15) is 5.10 Å². The third kappa shape index (κ3) is 7.55. The largest absolute Gasteiger partial charge is 0.493 e. The maximum atomic E-state index is 12.5. The van der Waals surface area contributed by atoms with Crippen molar-refractivity contribution in [2.24, 2.45) is 5.10 Å². The van der Waals surface area contributed by atoms with Crippen LogP contribution in [-0.4, -0.2) is 40.4 Å². The standard InChI is InChI=1S/C25H25Br2N3O5S/c1-17-8-10-18(11-9-17)16-35-25-21(27)12-19(13-23(25)34-2)14-28-29-24(31)15-30(36(3,32)33)22-7-5-4-6-20(22)26/h4-14H,15-16H2,1-3H3,(H,29,31)/b28-14-. The quantitative estimate of drug-likeness (QED) is 0.248. The number of benzene rings is 3. The summed E-state index contributed by atoms with van der Waals surface area (Å²) in [6, 6.07) is 18.3. The van der Waals surface area contributed by atoms with E-state index in [0.717, 1.165) is 16.1 Å². The van der Waals surface area contributed by atoms with Crippen LogP contribution in [0.2, 0.25) is 0 Å². The number of para-hydroxylation sites is 1. The van der Waals surface area contributed by atoms with Crippen molar-refractivity contribution in [3.05, 3.63) is 86.3 Å². The zero-order valence-electron chi connectivity index (χ0n) is 19.9. The lowest BCUT2D eigenvalue weighted by Crippen LogP contribution is -2.39. The van der Waals surface area contributed by atoms with Gasteiger partial charge in [-0.25, -0.2) is 13.8 Å². The zero-order valence-corrected chi connectivity index (χ0v) is 23.9. The summed E-state index contributed by atoms with van der Waals surface area (Å²) in [6.07, 6.45) is 2.47. The Morgan fingerprint density at radius 2 is 1.78 bits per heavy atom. The SMILES string of the molecule is COc1cc(/C=N\NC(=O)CN(c2ccccc2Br)S(C)(=O)=O)cc(Br)c1OCc1ccc(C)cc1. The van der Waals surface area contributed by atoms with E-state index >= 15 is 0 Å². The van der Waals surface area contributed by atoms with Gasteiger partial charge in [0.05, 0.1) is 29.7 Å². The third-order valence-corrected chi connectivity index (χ3v) is 7.35. The first-order valence-electron chi connectivity index (χ1n) is 10.7. The number of anilines is 1. The van der Waals surface area contributed by atoms with Gasteiger partial charge in [0, 0.05) is 4.47 Å². The Kier molecular flexibility index (Phi) is 9.52. The maximum absolute atomic E-state index is 12.5. The molecule has 0 aliphatic rings. The molecule has 0 aromatic heterocycles. The molecule has 11 heteroatoms. The molecule has 3 aromatic carbocycles. The van der Waals surface area contributed by atoms with Crippen LogP contribution in [0.3, 0.4) is 0 Å². The Morgan fingerprint density at radius 3 is 2.42 bits per heavy atom. The van der Waals surface area contributed by atoms with Crippen LogP contribution < -0.4 is 19.2 Å². The van der Waals surface area contributed by atoms with Crippen molar-refractivity contribution in [1.82, 2.24) is 5.43 Å². The number of ether oxygens (including phenoxy) is 2. The molecule has 0 atom stereocenters. The zero-order chi connectivity index (χ0) is 26.3. The topological polar surface area (TPSA) is 97.3 Å². The molecule has 0 bridgehead atoms. The molecule has 0 aliphatic heterocycles. The monoisotopic (exact) mass is 637 g/mol. The summed E-state index contributed by atoms with van der Waals surface area (Å²) in [6.45, 7) is 1.96. The summed E-state index contributed by atoms with van der Waals surface area (Å²) in [7, 11) is -2.17. The summed E-state index contributed by atoms with van der Waals surface area (Å²) in [5, 5.41) is 3.97. The van der Waals surface area contributed by atoms with E-state index in [1.54, 1.807) is 36.4 Å². The fourth-order valence-electron chi connectivity index (χ4n) is 3.17. The van der Waals surface area contributed by atoms with Gasteiger partial charge in [0.1, 0.15) is 13.2 Å². The van der Waals surface area contributed by atoms with Crippen LogP contribution in [0.5, 0.6) is 11.5 Å². The third-order valence-electron chi connectivity index (χ3n) is 4.97. The molecule has 3 rings (SSSR count). The van der Waals surface area contributed by atoms with Gasteiger partial charge in [0.2, 0.25) is 10.0 Å². The van der Waals surface area contributed by atoms with Gasteiger partial charge in [0.15, 0.2) is 11.5 Å². The van der Waals surface area contributed by atoms with Crippen molar-refractivity contribution in [1.29, 1.82) is 0 Å². The normalized spacial score (nSPS) is 11.4. The van der Waals surface area contributed by atoms with Crippen LogP contribution in [0.15, 0.2) is 74.7 Å². The molecule has 3 aromatic rings. The molecule has 0 radical (unpaired) electrons. The van der Waals surface area contributed by atoms with E-state index in [1.807, 2.05) is 31.2 Å². The van der Waals surface area contributed by atoms with Gasteiger partial charge in [-0.15, -0.1) is 0 Å². The Morgan fingerprint density at radius 1 is 1.08 bits per heavy atom. The minimum absolute atomic E-state index is 0.356. The number of halogens is 2. The minimum atomic E-state index is -3.71. The second-order valence-electron chi connectivity index (χ2n) is 7.82. The van der Waals surface area contributed by atoms with Crippen LogP contribution in [0, 0.1) is 6.92 Å². The molecule has 0 aliphatic carbocycles. The highest BCUT2D eigenvalue weighted by molar-refractivity contribution is 9.11. The Balaban J connectivity index is 1.68. The lowest BCUT2D eigenvalue weighted by molar-refractivity contribution is -0.119. The average Bonchev–Trinajstić information content (AvgIpc) is 2.82. The summed E-state index contributed by atoms with van der Waals surface area (Å²) in [4.78, 5) is 12.5. The lowest BCUT2D eigenvalue weighted by Gasteiger charge is -2.22. The van der Waals surface area contributed by atoms with E-state index in [2.05, 4.69) is 42.4 Å². The van der Waals surface area contributed by atoms with Crippen molar-refractivity contribution in [3.63, 3.8) is 0 Å². The van der Waals surface area contributed by atoms with Crippen molar-refractivity contribution < 1.29 is 22.7 Å². The molecule has 36 heavy (non-hydrogen) atoms. The number of carbonyl (C=O) groups excluding carboxylic acids is 1. The smallest absolute Gasteiger partial charge is 0.260 e. The van der Waals surface area contributed by atoms with E-state index in [-0.39, 0.29) is 0 Å². The number of nitrogens with zero attached hydrogens (tertiary/aromatic N) is 2. The minimum Gasteiger partial charge on any atom is -0.493 e. The highest BCUT2D eigenvalue weighted by atomic mass is 79.9. The van der Waals surface area contributed by atoms with Gasteiger partial charge < -0.3 is 9.47 Å². The van der Waals surface area contributed by atoms with Crippen molar-refractivity contribution >= 4 is 59.7 Å². The second kappa shape index (κ2) is 12.4. The van der Waals surface area contributed by atoms with Gasteiger partial charge in [-0.3, -0.25) is 9.10 Å². The number of hydrogen-bond acceptors (Lipinski definition) is 6. The number of aryl methyl sites for hydroxylation is 1. The van der Waals surface area contributed by atoms with Gasteiger partial charge in [-0.1, -0.05) is 42.0 Å². The number of amides is 1. The molecule has 0 heterocycles. The van der Waals surface area contributed by atoms with Gasteiger partial charge >= 0.3 is 0 Å². The Labute approximate surface area is 227 Å². The highest BCUT2D eigenvalue weighted by Gasteiger charge is 2.22. The molecule has 0 spiro atoms. The summed E-state index contributed by atoms with van der Waals surface area (Å²) < 4.78 is 38.2. The first kappa shape index (κ1) is 27.7. The molecule has 8 nitrogen and oxygen atoms in total. The van der Waals surface area contributed by atoms with E-state index in [0.29, 0.717) is 38.3 Å². The molecule has 1 amide bonds. The molecule has 0 saturated heterocycles. The predicted octanol–water partition coefficient (Wildman–Crippen LogP) is 5.02. The Hall–Kier alpha value is -2.89. The Bertz CT molecular complexity index is 1360. The number of nitrogens with one attached hydrogen (secondary N) is 1. The number of rotatable bonds is 10. The van der Waals surface area contributed by atoms with E-state index in [9.17, 15) is 13.2 Å². The first-order valence-corrected chi connectivity index (χ1v) is 14.1. The van der Waals surface area contributed by atoms with Crippen LogP contribution in [0.25, 0.3) is 0 Å². The highest BCUT2D eigenvalue weighted by Crippen LogP contribution is 2.37. The van der Waals surface area contributed by atoms with Crippen LogP contribution >= 0.6 is 31.9 Å². The number of hydrogen-bond donors (Lipinski definition) is 1. The lowest BCUT2D eigenvalue weighted by atomic mass is 10.2. The molecule has 190 valence electrons. The van der Waals surface area contributed by atoms with Crippen LogP contribution in [0.1, 0.15) is 16.7 Å². The average molecular weight is 639 g/mol. The maximum Gasteiger partial charge on any atom is 0.260 e. The van der Waals surface area contributed by atoms with Crippen molar-refractivity contribution in [3.8, 4) is 11.5 Å². The van der Waals surface area contributed by atoms with Gasteiger partial charge in [-0.05, 0) is 74.2 Å². The fraction of sp³-hybridized carbons (Fsp3) is 0.200. The van der Waals surface area contributed by atoms with Crippen LogP contribution in [-0.2, 0) is 21.4 Å². The van der Waals surface area contributed by atoms with Crippen molar-refractivity contribution in [2.75, 3.05) is 24.2 Å². The molecular weight excluding hydrogens is 614 g/mol. The summed E-state index contributed by atoms with van der Waals surface area (Å²) in [5.74, 6) is 0.425. The van der Waals surface area contributed by atoms with Crippen LogP contribution in [0.4, 0.5) is 5.69 Å². The van der Waals surface area contributed by atoms with Gasteiger partial charge in [0.25, 0.3) is 5.91 Å². The van der Waals surface area contributed by atoms with E-state index in [1.165, 1.54) is 18.9 Å². The number of carbonyl (C=O) groups is 1. The number of hydrazone groups is 1. The molecule has 1 N–H and O–H groups in total. The summed E-state index contributed by atoms with van der Waals surface area (Å²) >= 11 is 6.82. The fourth-order valence-corrected chi connectivity index (χ4v) is 5.23. The number of sulfonamides is 1.